The molecule has 0 radical (unpaired) electrons. The molecule has 0 fully saturated rings. The van der Waals surface area contributed by atoms with Crippen LogP contribution in [0.25, 0.3) is 0 Å². The van der Waals surface area contributed by atoms with E-state index in [1.165, 1.54) is 10.5 Å². The number of nitrogen functional groups attached to an aromatic ring is 1. The van der Waals surface area contributed by atoms with Crippen molar-refractivity contribution >= 4 is 33.4 Å². The van der Waals surface area contributed by atoms with Gasteiger partial charge < -0.3 is 10.5 Å². The molecule has 4 heteroatoms. The zero-order valence-corrected chi connectivity index (χ0v) is 13.6. The van der Waals surface area contributed by atoms with Crippen molar-refractivity contribution in [2.75, 3.05) is 11.5 Å². The molecule has 2 aromatic carbocycles. The SMILES string of the molecule is Cc1c(N)cccc1SCC1Cc2cc(Br)ccc2O1. The summed E-state index contributed by atoms with van der Waals surface area (Å²) in [4.78, 5) is 1.24. The summed E-state index contributed by atoms with van der Waals surface area (Å²) >= 11 is 5.32. The third-order valence-corrected chi connectivity index (χ3v) is 5.30. The second kappa shape index (κ2) is 5.70. The predicted octanol–water partition coefficient (Wildman–Crippen LogP) is 4.44. The first-order chi connectivity index (χ1) is 9.63. The van der Waals surface area contributed by atoms with Gasteiger partial charge in [0.1, 0.15) is 11.9 Å². The summed E-state index contributed by atoms with van der Waals surface area (Å²) in [5.74, 6) is 1.96. The molecule has 1 heterocycles. The zero-order chi connectivity index (χ0) is 14.1. The van der Waals surface area contributed by atoms with Crippen LogP contribution in [0.3, 0.4) is 0 Å². The Bertz CT molecular complexity index is 644. The Balaban J connectivity index is 1.65. The van der Waals surface area contributed by atoms with Gasteiger partial charge in [-0.25, -0.2) is 0 Å². The molecule has 0 amide bonds. The minimum absolute atomic E-state index is 0.241. The minimum atomic E-state index is 0.241. The van der Waals surface area contributed by atoms with Gasteiger partial charge in [-0.15, -0.1) is 11.8 Å². The van der Waals surface area contributed by atoms with Crippen LogP contribution in [-0.4, -0.2) is 11.9 Å². The normalized spacial score (nSPS) is 16.8. The van der Waals surface area contributed by atoms with Crippen LogP contribution in [0.4, 0.5) is 5.69 Å². The molecule has 2 nitrogen and oxygen atoms in total. The Hall–Kier alpha value is -1.13. The van der Waals surface area contributed by atoms with Gasteiger partial charge in [0.25, 0.3) is 0 Å². The van der Waals surface area contributed by atoms with E-state index in [4.69, 9.17) is 10.5 Å². The topological polar surface area (TPSA) is 35.2 Å². The molecule has 20 heavy (non-hydrogen) atoms. The standard InChI is InChI=1S/C16H16BrNOS/c1-10-14(18)3-2-4-16(10)20-9-13-8-11-7-12(17)5-6-15(11)19-13/h2-7,13H,8-9,18H2,1H3. The number of fused-ring (bicyclic) bond motifs is 1. The van der Waals surface area contributed by atoms with Crippen LogP contribution in [0.2, 0.25) is 0 Å². The fraction of sp³-hybridized carbons (Fsp3) is 0.250. The number of benzene rings is 2. The number of thioether (sulfide) groups is 1. The number of nitrogens with two attached hydrogens (primary N) is 1. The number of halogens is 1. The molecule has 0 aromatic heterocycles. The van der Waals surface area contributed by atoms with Gasteiger partial charge in [0.2, 0.25) is 0 Å². The molecule has 1 aliphatic heterocycles. The van der Waals surface area contributed by atoms with Crippen LogP contribution < -0.4 is 10.5 Å². The molecule has 2 N–H and O–H groups in total. The molecule has 3 rings (SSSR count). The summed E-state index contributed by atoms with van der Waals surface area (Å²) in [5, 5.41) is 0. The number of rotatable bonds is 3. The van der Waals surface area contributed by atoms with Gasteiger partial charge in [0, 0.05) is 27.2 Å². The van der Waals surface area contributed by atoms with E-state index in [9.17, 15) is 0 Å². The molecule has 0 saturated heterocycles. The van der Waals surface area contributed by atoms with E-state index in [0.29, 0.717) is 0 Å². The van der Waals surface area contributed by atoms with E-state index in [2.05, 4.69) is 35.0 Å². The van der Waals surface area contributed by atoms with E-state index >= 15 is 0 Å². The molecular weight excluding hydrogens is 334 g/mol. The fourth-order valence-corrected chi connectivity index (χ4v) is 3.82. The third kappa shape index (κ3) is 2.81. The van der Waals surface area contributed by atoms with E-state index in [-0.39, 0.29) is 6.10 Å². The average molecular weight is 350 g/mol. The molecule has 1 unspecified atom stereocenters. The lowest BCUT2D eigenvalue weighted by Crippen LogP contribution is -2.15. The average Bonchev–Trinajstić information content (AvgIpc) is 2.82. The highest BCUT2D eigenvalue weighted by molar-refractivity contribution is 9.10. The first-order valence-electron chi connectivity index (χ1n) is 6.56. The van der Waals surface area contributed by atoms with Crippen molar-refractivity contribution in [1.82, 2.24) is 0 Å². The molecule has 1 atom stereocenters. The highest BCUT2D eigenvalue weighted by Crippen LogP contribution is 2.34. The van der Waals surface area contributed by atoms with Crippen LogP contribution in [-0.2, 0) is 6.42 Å². The fourth-order valence-electron chi connectivity index (χ4n) is 2.35. The van der Waals surface area contributed by atoms with Crippen LogP contribution in [0.15, 0.2) is 45.8 Å². The lowest BCUT2D eigenvalue weighted by Gasteiger charge is -2.12. The molecular formula is C16H16BrNOS. The Morgan fingerprint density at radius 3 is 3.05 bits per heavy atom. The summed E-state index contributed by atoms with van der Waals surface area (Å²) < 4.78 is 7.09. The largest absolute Gasteiger partial charge is 0.489 e. The first-order valence-corrected chi connectivity index (χ1v) is 8.34. The Morgan fingerprint density at radius 1 is 1.35 bits per heavy atom. The molecule has 0 saturated carbocycles. The van der Waals surface area contributed by atoms with E-state index < -0.39 is 0 Å². The van der Waals surface area contributed by atoms with Gasteiger partial charge in [0.05, 0.1) is 0 Å². The van der Waals surface area contributed by atoms with Gasteiger partial charge in [-0.3, -0.25) is 0 Å². The van der Waals surface area contributed by atoms with E-state index in [1.54, 1.807) is 0 Å². The van der Waals surface area contributed by atoms with Crippen LogP contribution >= 0.6 is 27.7 Å². The minimum Gasteiger partial charge on any atom is -0.489 e. The van der Waals surface area contributed by atoms with Crippen molar-refractivity contribution in [1.29, 1.82) is 0 Å². The molecule has 104 valence electrons. The summed E-state index contributed by atoms with van der Waals surface area (Å²) in [7, 11) is 0. The molecule has 2 aromatic rings. The summed E-state index contributed by atoms with van der Waals surface area (Å²) in [6.07, 6.45) is 1.22. The van der Waals surface area contributed by atoms with Crippen molar-refractivity contribution in [2.45, 2.75) is 24.3 Å². The lowest BCUT2D eigenvalue weighted by atomic mass is 10.1. The predicted molar refractivity (Wildman–Crippen MR) is 88.6 cm³/mol. The van der Waals surface area contributed by atoms with Crippen molar-refractivity contribution in [3.63, 3.8) is 0 Å². The van der Waals surface area contributed by atoms with Crippen LogP contribution in [0, 0.1) is 6.92 Å². The van der Waals surface area contributed by atoms with Crippen LogP contribution in [0.5, 0.6) is 5.75 Å². The molecule has 0 spiro atoms. The number of hydrogen-bond acceptors (Lipinski definition) is 3. The quantitative estimate of drug-likeness (QED) is 0.657. The highest BCUT2D eigenvalue weighted by Gasteiger charge is 2.23. The van der Waals surface area contributed by atoms with Crippen molar-refractivity contribution in [3.05, 3.63) is 52.0 Å². The first kappa shape index (κ1) is 13.8. The van der Waals surface area contributed by atoms with Crippen molar-refractivity contribution < 1.29 is 4.74 Å². The van der Waals surface area contributed by atoms with Gasteiger partial charge >= 0.3 is 0 Å². The van der Waals surface area contributed by atoms with E-state index in [0.717, 1.165) is 33.6 Å². The number of anilines is 1. The number of ether oxygens (including phenoxy) is 1. The second-order valence-corrected chi connectivity index (χ2v) is 6.95. The molecule has 0 aliphatic carbocycles. The van der Waals surface area contributed by atoms with E-state index in [1.807, 2.05) is 36.0 Å². The van der Waals surface area contributed by atoms with Gasteiger partial charge in [0.15, 0.2) is 0 Å². The van der Waals surface area contributed by atoms with Crippen LogP contribution in [0.1, 0.15) is 11.1 Å². The maximum atomic E-state index is 5.98. The zero-order valence-electron chi connectivity index (χ0n) is 11.2. The summed E-state index contributed by atoms with van der Waals surface area (Å²) in [6, 6.07) is 12.3. The van der Waals surface area contributed by atoms with Gasteiger partial charge in [-0.05, 0) is 48.4 Å². The summed E-state index contributed by atoms with van der Waals surface area (Å²) in [5.41, 5.74) is 9.25. The van der Waals surface area contributed by atoms with Crippen molar-refractivity contribution in [3.8, 4) is 5.75 Å². The maximum Gasteiger partial charge on any atom is 0.123 e. The maximum absolute atomic E-state index is 5.98. The molecule has 0 bridgehead atoms. The van der Waals surface area contributed by atoms with Crippen molar-refractivity contribution in [2.24, 2.45) is 0 Å². The monoisotopic (exact) mass is 349 g/mol. The molecule has 1 aliphatic rings. The third-order valence-electron chi connectivity index (χ3n) is 3.51. The lowest BCUT2D eigenvalue weighted by molar-refractivity contribution is 0.259. The van der Waals surface area contributed by atoms with Gasteiger partial charge in [-0.1, -0.05) is 22.0 Å². The van der Waals surface area contributed by atoms with Gasteiger partial charge in [-0.2, -0.15) is 0 Å². The Labute approximate surface area is 131 Å². The summed E-state index contributed by atoms with van der Waals surface area (Å²) in [6.45, 7) is 2.07. The highest BCUT2D eigenvalue weighted by atomic mass is 79.9. The smallest absolute Gasteiger partial charge is 0.123 e. The Kier molecular flexibility index (Phi) is 3.94. The number of hydrogen-bond donors (Lipinski definition) is 1. The Morgan fingerprint density at radius 2 is 2.20 bits per heavy atom. The second-order valence-electron chi connectivity index (χ2n) is 4.98.